The highest BCUT2D eigenvalue weighted by Gasteiger charge is 2.40. The zero-order chi connectivity index (χ0) is 13.1. The average Bonchev–Trinajstić information content (AvgIpc) is 2.38. The standard InChI is InChI=1S/C15H16O3/c1-10-8-12(11-6-4-3-5-7-11)14(13(16)9-10)15(17)18-2/h3-7,12,14H,1,8-9H2,2H3. The molecule has 1 fully saturated rings. The van der Waals surface area contributed by atoms with Crippen molar-refractivity contribution in [2.24, 2.45) is 5.92 Å². The molecule has 0 N–H and O–H groups in total. The van der Waals surface area contributed by atoms with Gasteiger partial charge in [-0.15, -0.1) is 0 Å². The van der Waals surface area contributed by atoms with E-state index in [9.17, 15) is 9.59 Å². The number of hydrogen-bond acceptors (Lipinski definition) is 3. The second-order valence-electron chi connectivity index (χ2n) is 4.62. The van der Waals surface area contributed by atoms with E-state index in [2.05, 4.69) is 6.58 Å². The van der Waals surface area contributed by atoms with Gasteiger partial charge in [0.2, 0.25) is 0 Å². The Morgan fingerprint density at radius 1 is 1.33 bits per heavy atom. The molecular formula is C15H16O3. The summed E-state index contributed by atoms with van der Waals surface area (Å²) in [5.74, 6) is -1.37. The SMILES string of the molecule is C=C1CC(=O)C(C(=O)OC)C(c2ccccc2)C1. The Kier molecular flexibility index (Phi) is 3.60. The lowest BCUT2D eigenvalue weighted by atomic mass is 9.73. The van der Waals surface area contributed by atoms with Crippen LogP contribution in [0.3, 0.4) is 0 Å². The number of ether oxygens (including phenoxy) is 1. The van der Waals surface area contributed by atoms with Crippen molar-refractivity contribution in [1.82, 2.24) is 0 Å². The minimum absolute atomic E-state index is 0.0908. The third-order valence-electron chi connectivity index (χ3n) is 3.36. The predicted molar refractivity (Wildman–Crippen MR) is 68.1 cm³/mol. The Bertz CT molecular complexity index is 476. The first-order chi connectivity index (χ1) is 8.63. The van der Waals surface area contributed by atoms with E-state index in [0.717, 1.165) is 11.1 Å². The highest BCUT2D eigenvalue weighted by molar-refractivity contribution is 6.01. The van der Waals surface area contributed by atoms with Crippen LogP contribution in [0.1, 0.15) is 24.3 Å². The highest BCUT2D eigenvalue weighted by atomic mass is 16.5. The molecule has 0 amide bonds. The lowest BCUT2D eigenvalue weighted by molar-refractivity contribution is -0.150. The third-order valence-corrected chi connectivity index (χ3v) is 3.36. The molecule has 1 aliphatic rings. The van der Waals surface area contributed by atoms with Gasteiger partial charge in [0.05, 0.1) is 7.11 Å². The molecule has 1 aliphatic carbocycles. The van der Waals surface area contributed by atoms with Gasteiger partial charge >= 0.3 is 5.97 Å². The summed E-state index contributed by atoms with van der Waals surface area (Å²) in [4.78, 5) is 23.8. The highest BCUT2D eigenvalue weighted by Crippen LogP contribution is 2.38. The van der Waals surface area contributed by atoms with Gasteiger partial charge in [0.1, 0.15) is 5.92 Å². The van der Waals surface area contributed by atoms with Crippen LogP contribution in [0.4, 0.5) is 0 Å². The number of hydrogen-bond donors (Lipinski definition) is 0. The van der Waals surface area contributed by atoms with Gasteiger partial charge in [-0.25, -0.2) is 0 Å². The molecule has 2 atom stereocenters. The summed E-state index contributed by atoms with van der Waals surface area (Å²) in [6.45, 7) is 3.89. The van der Waals surface area contributed by atoms with Crippen molar-refractivity contribution in [3.63, 3.8) is 0 Å². The van der Waals surface area contributed by atoms with Crippen molar-refractivity contribution in [2.45, 2.75) is 18.8 Å². The zero-order valence-electron chi connectivity index (χ0n) is 10.4. The van der Waals surface area contributed by atoms with E-state index in [1.54, 1.807) is 0 Å². The second kappa shape index (κ2) is 5.17. The van der Waals surface area contributed by atoms with Gasteiger partial charge in [-0.1, -0.05) is 42.5 Å². The van der Waals surface area contributed by atoms with Gasteiger partial charge in [0.25, 0.3) is 0 Å². The summed E-state index contributed by atoms with van der Waals surface area (Å²) >= 11 is 0. The summed E-state index contributed by atoms with van der Waals surface area (Å²) in [6, 6.07) is 9.60. The molecule has 1 aromatic rings. The summed E-state index contributed by atoms with van der Waals surface area (Å²) in [5.41, 5.74) is 1.87. The molecule has 0 aliphatic heterocycles. The topological polar surface area (TPSA) is 43.4 Å². The van der Waals surface area contributed by atoms with Crippen LogP contribution in [-0.2, 0) is 14.3 Å². The van der Waals surface area contributed by atoms with Gasteiger partial charge in [0, 0.05) is 12.3 Å². The monoisotopic (exact) mass is 244 g/mol. The van der Waals surface area contributed by atoms with Crippen molar-refractivity contribution in [3.8, 4) is 0 Å². The van der Waals surface area contributed by atoms with Crippen LogP contribution in [0.25, 0.3) is 0 Å². The maximum absolute atomic E-state index is 12.0. The van der Waals surface area contributed by atoms with E-state index in [-0.39, 0.29) is 18.1 Å². The fraction of sp³-hybridized carbons (Fsp3) is 0.333. The molecule has 0 bridgehead atoms. The van der Waals surface area contributed by atoms with Gasteiger partial charge in [-0.3, -0.25) is 9.59 Å². The molecule has 1 aromatic carbocycles. The molecule has 0 heterocycles. The number of ketones is 1. The Morgan fingerprint density at radius 2 is 2.00 bits per heavy atom. The molecule has 0 spiro atoms. The van der Waals surface area contributed by atoms with E-state index < -0.39 is 11.9 Å². The van der Waals surface area contributed by atoms with Crippen molar-refractivity contribution < 1.29 is 14.3 Å². The van der Waals surface area contributed by atoms with Crippen LogP contribution in [-0.4, -0.2) is 18.9 Å². The van der Waals surface area contributed by atoms with Gasteiger partial charge in [0.15, 0.2) is 5.78 Å². The van der Waals surface area contributed by atoms with E-state index in [1.165, 1.54) is 7.11 Å². The molecule has 0 radical (unpaired) electrons. The van der Waals surface area contributed by atoms with Crippen molar-refractivity contribution in [1.29, 1.82) is 0 Å². The van der Waals surface area contributed by atoms with Crippen LogP contribution < -0.4 is 0 Å². The first-order valence-corrected chi connectivity index (χ1v) is 5.95. The van der Waals surface area contributed by atoms with Crippen molar-refractivity contribution in [3.05, 3.63) is 48.0 Å². The van der Waals surface area contributed by atoms with Gasteiger partial charge < -0.3 is 4.74 Å². The second-order valence-corrected chi connectivity index (χ2v) is 4.62. The molecule has 2 rings (SSSR count). The van der Waals surface area contributed by atoms with Crippen molar-refractivity contribution in [2.75, 3.05) is 7.11 Å². The van der Waals surface area contributed by atoms with Crippen molar-refractivity contribution >= 4 is 11.8 Å². The van der Waals surface area contributed by atoms with E-state index in [4.69, 9.17) is 4.74 Å². The number of allylic oxidation sites excluding steroid dienone is 1. The van der Waals surface area contributed by atoms with Gasteiger partial charge in [-0.2, -0.15) is 0 Å². The minimum atomic E-state index is -0.692. The largest absolute Gasteiger partial charge is 0.468 e. The zero-order valence-corrected chi connectivity index (χ0v) is 10.4. The predicted octanol–water partition coefficient (Wildman–Crippen LogP) is 2.48. The minimum Gasteiger partial charge on any atom is -0.468 e. The summed E-state index contributed by atoms with van der Waals surface area (Å²) in [6.07, 6.45) is 0.943. The number of Topliss-reactive ketones (excluding diaryl/α,β-unsaturated/α-hetero) is 1. The Morgan fingerprint density at radius 3 is 2.61 bits per heavy atom. The fourth-order valence-corrected chi connectivity index (χ4v) is 2.51. The Hall–Kier alpha value is -1.90. The lowest BCUT2D eigenvalue weighted by Gasteiger charge is -2.30. The van der Waals surface area contributed by atoms with Crippen LogP contribution in [0.2, 0.25) is 0 Å². The molecule has 0 aromatic heterocycles. The molecule has 18 heavy (non-hydrogen) atoms. The maximum atomic E-state index is 12.0. The van der Waals surface area contributed by atoms with E-state index >= 15 is 0 Å². The number of carbonyl (C=O) groups excluding carboxylic acids is 2. The first-order valence-electron chi connectivity index (χ1n) is 5.95. The molecular weight excluding hydrogens is 228 g/mol. The molecule has 1 saturated carbocycles. The summed E-state index contributed by atoms with van der Waals surface area (Å²) < 4.78 is 4.76. The van der Waals surface area contributed by atoms with E-state index in [0.29, 0.717) is 6.42 Å². The summed E-state index contributed by atoms with van der Waals surface area (Å²) in [7, 11) is 1.32. The van der Waals surface area contributed by atoms with Crippen LogP contribution >= 0.6 is 0 Å². The molecule has 94 valence electrons. The first kappa shape index (κ1) is 12.6. The number of rotatable bonds is 2. The third kappa shape index (κ3) is 2.35. The number of benzene rings is 1. The quantitative estimate of drug-likeness (QED) is 0.456. The molecule has 3 nitrogen and oxygen atoms in total. The maximum Gasteiger partial charge on any atom is 0.316 e. The molecule has 2 unspecified atom stereocenters. The fourth-order valence-electron chi connectivity index (χ4n) is 2.51. The Labute approximate surface area is 106 Å². The number of carbonyl (C=O) groups is 2. The number of methoxy groups -OCH3 is 1. The summed E-state index contributed by atoms with van der Waals surface area (Å²) in [5, 5.41) is 0. The smallest absolute Gasteiger partial charge is 0.316 e. The Balaban J connectivity index is 2.36. The van der Waals surface area contributed by atoms with E-state index in [1.807, 2.05) is 30.3 Å². The van der Waals surface area contributed by atoms with Crippen LogP contribution in [0.15, 0.2) is 42.5 Å². The average molecular weight is 244 g/mol. The van der Waals surface area contributed by atoms with Crippen LogP contribution in [0.5, 0.6) is 0 Å². The molecule has 0 saturated heterocycles. The number of esters is 1. The lowest BCUT2D eigenvalue weighted by Crippen LogP contribution is -2.35. The normalized spacial score (nSPS) is 23.8. The van der Waals surface area contributed by atoms with Gasteiger partial charge in [-0.05, 0) is 12.0 Å². The van der Waals surface area contributed by atoms with Crippen LogP contribution in [0, 0.1) is 5.92 Å². The molecule has 3 heteroatoms.